The van der Waals surface area contributed by atoms with Crippen LogP contribution in [0, 0.1) is 0 Å². The van der Waals surface area contributed by atoms with Gasteiger partial charge >= 0.3 is 0 Å². The van der Waals surface area contributed by atoms with Crippen LogP contribution in [0.25, 0.3) is 0 Å². The van der Waals surface area contributed by atoms with Gasteiger partial charge in [-0.25, -0.2) is 27.1 Å². The van der Waals surface area contributed by atoms with Crippen molar-refractivity contribution in [1.82, 2.24) is 9.80 Å². The van der Waals surface area contributed by atoms with Gasteiger partial charge in [-0.15, -0.1) is 24.8 Å². The Hall–Kier alpha value is -1.24. The first-order valence-electron chi connectivity index (χ1n) is 11.8. The normalized spacial score (nSPS) is 16.4. The number of hydrogen-bond donors (Lipinski definition) is 2. The van der Waals surface area contributed by atoms with E-state index in [1.54, 1.807) is 24.3 Å². The van der Waals surface area contributed by atoms with E-state index in [0.717, 1.165) is 88.9 Å². The minimum absolute atomic E-state index is 0. The van der Waals surface area contributed by atoms with Crippen LogP contribution in [-0.4, -0.2) is 52.8 Å². The van der Waals surface area contributed by atoms with E-state index < -0.39 is 20.0 Å². The van der Waals surface area contributed by atoms with Gasteiger partial charge in [0, 0.05) is 26.2 Å². The average molecular weight is 580 g/mol. The largest absolute Gasteiger partial charge is 0.299 e. The highest BCUT2D eigenvalue weighted by Crippen LogP contribution is 2.24. The second-order valence-corrected chi connectivity index (χ2v) is 12.5. The van der Waals surface area contributed by atoms with Crippen LogP contribution in [0.5, 0.6) is 0 Å². The third-order valence-electron chi connectivity index (χ3n) is 6.89. The molecule has 0 unspecified atom stereocenters. The van der Waals surface area contributed by atoms with Crippen molar-refractivity contribution in [3.8, 4) is 0 Å². The molecule has 0 fully saturated rings. The molecule has 2 aromatic rings. The molecule has 2 aliphatic rings. The minimum atomic E-state index is -3.67. The van der Waals surface area contributed by atoms with Crippen LogP contribution in [0.15, 0.2) is 46.2 Å². The summed E-state index contributed by atoms with van der Waals surface area (Å²) >= 11 is 0. The molecule has 2 aliphatic heterocycles. The summed E-state index contributed by atoms with van der Waals surface area (Å²) in [6.45, 7) is 5.54. The van der Waals surface area contributed by atoms with Gasteiger partial charge in [0.15, 0.2) is 0 Å². The zero-order chi connectivity index (χ0) is 24.3. The molecule has 0 bridgehead atoms. The summed E-state index contributed by atoms with van der Waals surface area (Å²) < 4.78 is 46.5. The van der Waals surface area contributed by atoms with Crippen molar-refractivity contribution in [2.75, 3.05) is 26.2 Å². The Kier molecular flexibility index (Phi) is 11.2. The molecule has 0 radical (unpaired) electrons. The molecule has 8 nitrogen and oxygen atoms in total. The van der Waals surface area contributed by atoms with Crippen molar-refractivity contribution in [2.45, 2.75) is 61.4 Å². The summed E-state index contributed by atoms with van der Waals surface area (Å²) in [6, 6.07) is 10.4. The lowest BCUT2D eigenvalue weighted by molar-refractivity contribution is 0.237. The Labute approximate surface area is 227 Å². The van der Waals surface area contributed by atoms with E-state index in [1.807, 2.05) is 12.1 Å². The van der Waals surface area contributed by atoms with Gasteiger partial charge in [0.05, 0.1) is 9.79 Å². The Morgan fingerprint density at radius 1 is 0.611 bits per heavy atom. The monoisotopic (exact) mass is 578 g/mol. The summed E-state index contributed by atoms with van der Waals surface area (Å²) in [4.78, 5) is 5.16. The molecule has 0 saturated carbocycles. The molecular weight excluding hydrogens is 543 g/mol. The third kappa shape index (κ3) is 8.13. The Morgan fingerprint density at radius 2 is 1.00 bits per heavy atom. The van der Waals surface area contributed by atoms with Gasteiger partial charge in [-0.2, -0.15) is 0 Å². The Morgan fingerprint density at radius 3 is 1.36 bits per heavy atom. The van der Waals surface area contributed by atoms with Gasteiger partial charge in [-0.1, -0.05) is 25.0 Å². The Balaban J connectivity index is 0.00000228. The molecule has 0 saturated heterocycles. The quantitative estimate of drug-likeness (QED) is 0.440. The van der Waals surface area contributed by atoms with E-state index in [4.69, 9.17) is 10.3 Å². The van der Waals surface area contributed by atoms with E-state index >= 15 is 0 Å². The fourth-order valence-electron chi connectivity index (χ4n) is 4.94. The van der Waals surface area contributed by atoms with Crippen molar-refractivity contribution in [1.29, 1.82) is 0 Å². The molecule has 0 spiro atoms. The predicted octanol–water partition coefficient (Wildman–Crippen LogP) is 2.80. The topological polar surface area (TPSA) is 127 Å². The van der Waals surface area contributed by atoms with Gasteiger partial charge < -0.3 is 0 Å². The van der Waals surface area contributed by atoms with Gasteiger partial charge in [-0.3, -0.25) is 9.80 Å². The maximum absolute atomic E-state index is 11.6. The molecule has 2 heterocycles. The van der Waals surface area contributed by atoms with Crippen molar-refractivity contribution in [2.24, 2.45) is 10.3 Å². The van der Waals surface area contributed by atoms with E-state index in [9.17, 15) is 16.8 Å². The molecule has 0 amide bonds. The lowest BCUT2D eigenvalue weighted by Crippen LogP contribution is -2.32. The first kappa shape index (κ1) is 31.0. The first-order valence-corrected chi connectivity index (χ1v) is 14.9. The van der Waals surface area contributed by atoms with Crippen LogP contribution < -0.4 is 10.3 Å². The SMILES string of the molecule is Cl.Cl.NS(=O)(=O)c1ccc2c(c1)CN(CCCCCCN1CCc3ccc(S(N)(=O)=O)cc3C1)CC2. The van der Waals surface area contributed by atoms with E-state index in [-0.39, 0.29) is 34.6 Å². The molecule has 4 rings (SSSR count). The van der Waals surface area contributed by atoms with Crippen molar-refractivity contribution >= 4 is 44.9 Å². The lowest BCUT2D eigenvalue weighted by Gasteiger charge is -2.29. The summed E-state index contributed by atoms with van der Waals surface area (Å²) in [5, 5.41) is 10.6. The summed E-state index contributed by atoms with van der Waals surface area (Å²) in [5.74, 6) is 0. The van der Waals surface area contributed by atoms with Crippen LogP contribution in [-0.2, 0) is 46.0 Å². The maximum atomic E-state index is 11.6. The summed E-state index contributed by atoms with van der Waals surface area (Å²) in [5.41, 5.74) is 4.55. The van der Waals surface area contributed by atoms with E-state index in [2.05, 4.69) is 9.80 Å². The first-order chi connectivity index (χ1) is 16.1. The van der Waals surface area contributed by atoms with Gasteiger partial charge in [-0.05, 0) is 85.3 Å². The smallest absolute Gasteiger partial charge is 0.238 e. The molecule has 12 heteroatoms. The van der Waals surface area contributed by atoms with Crippen LogP contribution in [0.1, 0.15) is 47.9 Å². The van der Waals surface area contributed by atoms with Crippen LogP contribution in [0.2, 0.25) is 0 Å². The maximum Gasteiger partial charge on any atom is 0.238 e. The summed E-state index contributed by atoms with van der Waals surface area (Å²) in [6.07, 6.45) is 6.41. The molecule has 0 aromatic heterocycles. The standard InChI is InChI=1S/C24H34N4O4S2.2ClH/c25-33(29,30)23-7-5-19-9-13-27(17-21(19)15-23)11-3-1-2-4-12-28-14-10-20-6-8-24(34(26,31)32)16-22(20)18-28;;/h5-8,15-16H,1-4,9-14,17-18H2,(H2,25,29,30)(H2,26,31,32);2*1H. The van der Waals surface area contributed by atoms with Crippen LogP contribution in [0.3, 0.4) is 0 Å². The van der Waals surface area contributed by atoms with Crippen molar-refractivity contribution < 1.29 is 16.8 Å². The second kappa shape index (κ2) is 13.0. The molecule has 36 heavy (non-hydrogen) atoms. The van der Waals surface area contributed by atoms with Crippen molar-refractivity contribution in [3.05, 3.63) is 58.7 Å². The number of sulfonamides is 2. The van der Waals surface area contributed by atoms with Crippen molar-refractivity contribution in [3.63, 3.8) is 0 Å². The van der Waals surface area contributed by atoms with Crippen LogP contribution >= 0.6 is 24.8 Å². The molecule has 2 aromatic carbocycles. The highest BCUT2D eigenvalue weighted by molar-refractivity contribution is 7.89. The van der Waals surface area contributed by atoms with E-state index in [1.165, 1.54) is 11.1 Å². The van der Waals surface area contributed by atoms with Gasteiger partial charge in [0.1, 0.15) is 0 Å². The van der Waals surface area contributed by atoms with Gasteiger partial charge in [0.2, 0.25) is 20.0 Å². The number of rotatable bonds is 9. The number of nitrogens with two attached hydrogens (primary N) is 2. The average Bonchev–Trinajstić information content (AvgIpc) is 2.79. The summed E-state index contributed by atoms with van der Waals surface area (Å²) in [7, 11) is -7.34. The molecular formula is C24H36Cl2N4O4S2. The lowest BCUT2D eigenvalue weighted by atomic mass is 9.99. The minimum Gasteiger partial charge on any atom is -0.299 e. The number of primary sulfonamides is 2. The molecule has 0 aliphatic carbocycles. The number of fused-ring (bicyclic) bond motifs is 2. The number of benzene rings is 2. The number of halogens is 2. The highest BCUT2D eigenvalue weighted by atomic mass is 35.5. The van der Waals surface area contributed by atoms with Gasteiger partial charge in [0.25, 0.3) is 0 Å². The highest BCUT2D eigenvalue weighted by Gasteiger charge is 2.20. The zero-order valence-electron chi connectivity index (χ0n) is 20.3. The third-order valence-corrected chi connectivity index (χ3v) is 8.72. The number of unbranched alkanes of at least 4 members (excludes halogenated alkanes) is 3. The molecule has 4 N–H and O–H groups in total. The Bertz CT molecular complexity index is 1160. The fraction of sp³-hybridized carbons (Fsp3) is 0.500. The number of hydrogen-bond acceptors (Lipinski definition) is 6. The zero-order valence-corrected chi connectivity index (χ0v) is 23.5. The molecule has 202 valence electrons. The second-order valence-electron chi connectivity index (χ2n) is 9.42. The predicted molar refractivity (Wildman–Crippen MR) is 147 cm³/mol. The molecule has 0 atom stereocenters. The fourth-order valence-corrected chi connectivity index (χ4v) is 6.07. The number of nitrogens with zero attached hydrogens (tertiary/aromatic N) is 2. The van der Waals surface area contributed by atoms with Crippen LogP contribution in [0.4, 0.5) is 0 Å². The van der Waals surface area contributed by atoms with E-state index in [0.29, 0.717) is 0 Å².